The third kappa shape index (κ3) is 8.23. The molecule has 6 aromatic rings. The first-order valence-electron chi connectivity index (χ1n) is 16.7. The number of nitrogens with zero attached hydrogens (tertiary/aromatic N) is 1. The van der Waals surface area contributed by atoms with Gasteiger partial charge < -0.3 is 9.52 Å². The van der Waals surface area contributed by atoms with Gasteiger partial charge in [-0.2, -0.15) is 11.3 Å². The van der Waals surface area contributed by atoms with E-state index in [1.54, 1.807) is 11.3 Å². The van der Waals surface area contributed by atoms with Crippen molar-refractivity contribution in [2.45, 2.75) is 80.6 Å². The van der Waals surface area contributed by atoms with Crippen LogP contribution in [-0.4, -0.2) is 15.9 Å². The number of aromatic nitrogens is 1. The molecule has 0 saturated heterocycles. The van der Waals surface area contributed by atoms with Gasteiger partial charge in [0.2, 0.25) is 0 Å². The molecule has 4 nitrogen and oxygen atoms in total. The van der Waals surface area contributed by atoms with Gasteiger partial charge in [-0.15, -0.1) is 17.5 Å². The Labute approximate surface area is 296 Å². The van der Waals surface area contributed by atoms with Crippen LogP contribution in [0, 0.1) is 23.3 Å². The molecule has 6 rings (SSSR count). The molecule has 0 aliphatic rings. The molecule has 0 unspecified atom stereocenters. The molecule has 1 N–H and O–H groups in total. The van der Waals surface area contributed by atoms with E-state index in [0.717, 1.165) is 80.9 Å². The zero-order chi connectivity index (χ0) is 33.0. The second kappa shape index (κ2) is 15.7. The normalized spacial score (nSPS) is 12.2. The van der Waals surface area contributed by atoms with E-state index in [0.29, 0.717) is 0 Å². The summed E-state index contributed by atoms with van der Waals surface area (Å²) in [6, 6.07) is 26.9. The zero-order valence-electron chi connectivity index (χ0n) is 28.6. The molecule has 0 spiro atoms. The van der Waals surface area contributed by atoms with Crippen molar-refractivity contribution in [2.75, 3.05) is 0 Å². The van der Waals surface area contributed by atoms with Crippen LogP contribution >= 0.6 is 11.3 Å². The Balaban J connectivity index is 0.000000269. The molecule has 0 amide bonds. The molecule has 0 bridgehead atoms. The molecule has 2 aromatic heterocycles. The Morgan fingerprint density at radius 3 is 2.23 bits per heavy atom. The second-order valence-corrected chi connectivity index (χ2v) is 14.4. The quantitative estimate of drug-likeness (QED) is 0.0896. The van der Waals surface area contributed by atoms with E-state index < -0.39 is 0 Å². The first kappa shape index (κ1) is 36.5. The van der Waals surface area contributed by atoms with Crippen molar-refractivity contribution in [2.24, 2.45) is 17.3 Å². The number of fused-ring (bicyclic) bond motifs is 6. The first-order valence-corrected chi connectivity index (χ1v) is 17.5. The van der Waals surface area contributed by atoms with Crippen molar-refractivity contribution in [1.82, 2.24) is 4.98 Å². The molecule has 4 aromatic carbocycles. The van der Waals surface area contributed by atoms with Crippen LogP contribution in [0.25, 0.3) is 53.5 Å². The van der Waals surface area contributed by atoms with Crippen LogP contribution in [0.15, 0.2) is 83.0 Å². The minimum Gasteiger partial charge on any atom is -0.512 e. The monoisotopic (exact) mass is 825 g/mol. The van der Waals surface area contributed by atoms with Gasteiger partial charge in [-0.1, -0.05) is 96.5 Å². The third-order valence-corrected chi connectivity index (χ3v) is 9.81. The minimum absolute atomic E-state index is 0. The zero-order valence-corrected chi connectivity index (χ0v) is 31.8. The van der Waals surface area contributed by atoms with Crippen LogP contribution < -0.4 is 0 Å². The summed E-state index contributed by atoms with van der Waals surface area (Å²) in [7, 11) is 0. The minimum atomic E-state index is 0. The predicted octanol–water partition coefficient (Wildman–Crippen LogP) is 12.3. The maximum absolute atomic E-state index is 11.7. The number of thiazole rings is 1. The number of benzene rings is 4. The van der Waals surface area contributed by atoms with Crippen molar-refractivity contribution in [3.63, 3.8) is 0 Å². The maximum atomic E-state index is 11.7. The number of hydrogen-bond donors (Lipinski definition) is 1. The van der Waals surface area contributed by atoms with Gasteiger partial charge in [-0.3, -0.25) is 9.78 Å². The number of allylic oxidation sites excluding steroid dienone is 2. The molecule has 0 aliphatic carbocycles. The number of aliphatic hydroxyl groups is 1. The molecule has 47 heavy (non-hydrogen) atoms. The van der Waals surface area contributed by atoms with Crippen molar-refractivity contribution < 1.29 is 34.4 Å². The number of rotatable bonds is 9. The number of furan rings is 1. The average Bonchev–Trinajstić information content (AvgIpc) is 3.63. The molecule has 1 radical (unpaired) electrons. The van der Waals surface area contributed by atoms with Crippen LogP contribution in [0.2, 0.25) is 0 Å². The molecular formula is C41H46IrNO3S-. The molecule has 0 saturated carbocycles. The number of ketones is 1. The van der Waals surface area contributed by atoms with E-state index in [2.05, 4.69) is 87.5 Å². The Morgan fingerprint density at radius 1 is 0.915 bits per heavy atom. The molecule has 249 valence electrons. The molecule has 6 heteroatoms. The SMILES string of the molecule is CC(C)(C)Cc1ccc2oc3c4ccccc4[c-]c(-c4nc5ccccc5s4)c3c2c1.CCC(CC)C(=O)/C=C(\O)C(CC)CC.[Ir]. The number of carbonyl (C=O) groups is 1. The van der Waals surface area contributed by atoms with Crippen LogP contribution in [0.5, 0.6) is 0 Å². The number of carbonyl (C=O) groups excluding carboxylic acids is 1. The summed E-state index contributed by atoms with van der Waals surface area (Å²) in [5.41, 5.74) is 5.44. The van der Waals surface area contributed by atoms with Gasteiger partial charge in [0.1, 0.15) is 5.58 Å². The summed E-state index contributed by atoms with van der Waals surface area (Å²) < 4.78 is 7.63. The molecule has 0 atom stereocenters. The Bertz CT molecular complexity index is 1970. The predicted molar refractivity (Wildman–Crippen MR) is 196 cm³/mol. The van der Waals surface area contributed by atoms with Crippen LogP contribution in [-0.2, 0) is 31.3 Å². The summed E-state index contributed by atoms with van der Waals surface area (Å²) in [6.07, 6.45) is 5.92. The first-order chi connectivity index (χ1) is 22.1. The van der Waals surface area contributed by atoms with E-state index in [1.165, 1.54) is 16.3 Å². The molecule has 0 aliphatic heterocycles. The summed E-state index contributed by atoms with van der Waals surface area (Å²) >= 11 is 1.72. The van der Waals surface area contributed by atoms with E-state index in [4.69, 9.17) is 9.40 Å². The van der Waals surface area contributed by atoms with Crippen LogP contribution in [0.3, 0.4) is 0 Å². The average molecular weight is 825 g/mol. The molecule has 2 heterocycles. The van der Waals surface area contributed by atoms with Crippen LogP contribution in [0.4, 0.5) is 0 Å². The second-order valence-electron chi connectivity index (χ2n) is 13.4. The number of aliphatic hydroxyl groups excluding tert-OH is 1. The fourth-order valence-electron chi connectivity index (χ4n) is 6.21. The van der Waals surface area contributed by atoms with E-state index in [1.807, 2.05) is 33.8 Å². The van der Waals surface area contributed by atoms with E-state index >= 15 is 0 Å². The van der Waals surface area contributed by atoms with Crippen molar-refractivity contribution in [1.29, 1.82) is 0 Å². The summed E-state index contributed by atoms with van der Waals surface area (Å²) in [4.78, 5) is 16.7. The summed E-state index contributed by atoms with van der Waals surface area (Å²) in [5.74, 6) is 0.547. The largest absolute Gasteiger partial charge is 0.512 e. The Hall–Kier alpha value is -3.31. The van der Waals surface area contributed by atoms with Crippen LogP contribution in [0.1, 0.15) is 79.7 Å². The smallest absolute Gasteiger partial charge is 0.162 e. The van der Waals surface area contributed by atoms with Gasteiger partial charge in [-0.25, -0.2) is 0 Å². The van der Waals surface area contributed by atoms with E-state index in [-0.39, 0.29) is 48.9 Å². The maximum Gasteiger partial charge on any atom is 0.162 e. The standard InChI is InChI=1S/C28H22NOS.C13H24O2.Ir/c1-28(2,3)16-17-12-13-23-20(14-17)25-21(27-29-22-10-6-7-11-24(22)31-27)15-18-8-4-5-9-19(18)26(25)30-23;1-5-10(6-2)12(14)9-13(15)11(7-3)8-4;/h4-14H,16H2,1-3H3;9-11,14H,5-8H2,1-4H3;/q-1;;/b;12-9-;. The summed E-state index contributed by atoms with van der Waals surface area (Å²) in [5, 5.41) is 15.2. The van der Waals surface area contributed by atoms with Gasteiger partial charge in [0, 0.05) is 42.7 Å². The third-order valence-electron chi connectivity index (χ3n) is 8.76. The van der Waals surface area contributed by atoms with Gasteiger partial charge in [0.15, 0.2) is 5.78 Å². The van der Waals surface area contributed by atoms with Crippen molar-refractivity contribution >= 4 is 60.0 Å². The fraction of sp³-hybridized carbons (Fsp3) is 0.366. The van der Waals surface area contributed by atoms with Gasteiger partial charge in [0.25, 0.3) is 0 Å². The van der Waals surface area contributed by atoms with E-state index in [9.17, 15) is 9.90 Å². The Morgan fingerprint density at radius 2 is 1.57 bits per heavy atom. The summed E-state index contributed by atoms with van der Waals surface area (Å²) in [6.45, 7) is 14.9. The Kier molecular flexibility index (Phi) is 12.2. The van der Waals surface area contributed by atoms with Crippen molar-refractivity contribution in [3.05, 3.63) is 90.2 Å². The van der Waals surface area contributed by atoms with Gasteiger partial charge in [-0.05, 0) is 77.4 Å². The number of hydrogen-bond acceptors (Lipinski definition) is 5. The molecule has 0 fully saturated rings. The topological polar surface area (TPSA) is 63.3 Å². The fourth-order valence-corrected chi connectivity index (χ4v) is 7.18. The number of para-hydroxylation sites is 1. The van der Waals surface area contributed by atoms with Gasteiger partial charge in [0.05, 0.1) is 21.9 Å². The van der Waals surface area contributed by atoms with Gasteiger partial charge >= 0.3 is 0 Å². The van der Waals surface area contributed by atoms with Crippen molar-refractivity contribution in [3.8, 4) is 10.6 Å². The molecular weight excluding hydrogens is 779 g/mol.